The van der Waals surface area contributed by atoms with Crippen molar-refractivity contribution in [3.05, 3.63) is 0 Å². The van der Waals surface area contributed by atoms with Gasteiger partial charge in [-0.25, -0.2) is 0 Å². The van der Waals surface area contributed by atoms with Crippen molar-refractivity contribution in [2.45, 2.75) is 50.9 Å². The molecule has 2 atom stereocenters. The van der Waals surface area contributed by atoms with Gasteiger partial charge in [0, 0.05) is 19.7 Å². The average molecular weight is 231 g/mol. The number of hydrogen-bond donors (Lipinski definition) is 2. The van der Waals surface area contributed by atoms with E-state index in [0.29, 0.717) is 25.8 Å². The van der Waals surface area contributed by atoms with Crippen molar-refractivity contribution >= 4 is 0 Å². The minimum absolute atomic E-state index is 0.0473. The molecule has 0 bridgehead atoms. The summed E-state index contributed by atoms with van der Waals surface area (Å²) < 4.78 is 10.4. The zero-order chi connectivity index (χ0) is 11.8. The van der Waals surface area contributed by atoms with Crippen molar-refractivity contribution in [2.75, 3.05) is 26.9 Å². The standard InChI is InChI=1S/C12H25NO3/c1-10(8-15-2)16-9-12(14)7-13-11-5-3-4-6-11/h10-14H,3-9H2,1-2H3. The maximum Gasteiger partial charge on any atom is 0.0897 e. The second-order valence-electron chi connectivity index (χ2n) is 4.64. The van der Waals surface area contributed by atoms with E-state index in [-0.39, 0.29) is 6.10 Å². The molecule has 1 rings (SSSR count). The first-order chi connectivity index (χ1) is 7.72. The van der Waals surface area contributed by atoms with Crippen molar-refractivity contribution in [3.8, 4) is 0 Å². The van der Waals surface area contributed by atoms with Crippen LogP contribution in [-0.4, -0.2) is 50.2 Å². The van der Waals surface area contributed by atoms with Crippen molar-refractivity contribution in [1.82, 2.24) is 5.32 Å². The Morgan fingerprint density at radius 2 is 2.00 bits per heavy atom. The molecular formula is C12H25NO3. The van der Waals surface area contributed by atoms with E-state index >= 15 is 0 Å². The molecule has 2 unspecified atom stereocenters. The summed E-state index contributed by atoms with van der Waals surface area (Å²) in [4.78, 5) is 0. The van der Waals surface area contributed by atoms with E-state index in [4.69, 9.17) is 9.47 Å². The quantitative estimate of drug-likeness (QED) is 0.652. The summed E-state index contributed by atoms with van der Waals surface area (Å²) in [6.07, 6.45) is 4.75. The Balaban J connectivity index is 1.99. The van der Waals surface area contributed by atoms with E-state index < -0.39 is 6.10 Å². The van der Waals surface area contributed by atoms with Crippen LogP contribution >= 0.6 is 0 Å². The lowest BCUT2D eigenvalue weighted by molar-refractivity contribution is -0.0315. The van der Waals surface area contributed by atoms with E-state index in [1.165, 1.54) is 25.7 Å². The third-order valence-electron chi connectivity index (χ3n) is 2.97. The summed E-state index contributed by atoms with van der Waals surface area (Å²) in [5.41, 5.74) is 0. The first-order valence-corrected chi connectivity index (χ1v) is 6.24. The molecule has 1 aliphatic rings. The molecule has 0 heterocycles. The second-order valence-corrected chi connectivity index (χ2v) is 4.64. The smallest absolute Gasteiger partial charge is 0.0897 e. The number of aliphatic hydroxyl groups excluding tert-OH is 1. The molecule has 1 aliphatic carbocycles. The van der Waals surface area contributed by atoms with E-state index in [2.05, 4.69) is 5.32 Å². The third-order valence-corrected chi connectivity index (χ3v) is 2.97. The molecule has 0 amide bonds. The monoisotopic (exact) mass is 231 g/mol. The Hall–Kier alpha value is -0.160. The van der Waals surface area contributed by atoms with Crippen LogP contribution in [0.2, 0.25) is 0 Å². The highest BCUT2D eigenvalue weighted by Crippen LogP contribution is 2.17. The molecule has 16 heavy (non-hydrogen) atoms. The van der Waals surface area contributed by atoms with Gasteiger partial charge in [0.25, 0.3) is 0 Å². The van der Waals surface area contributed by atoms with Gasteiger partial charge in [-0.2, -0.15) is 0 Å². The van der Waals surface area contributed by atoms with E-state index in [0.717, 1.165) is 0 Å². The largest absolute Gasteiger partial charge is 0.389 e. The number of nitrogens with one attached hydrogen (secondary N) is 1. The minimum Gasteiger partial charge on any atom is -0.389 e. The normalized spacial score (nSPS) is 21.2. The van der Waals surface area contributed by atoms with Gasteiger partial charge >= 0.3 is 0 Å². The van der Waals surface area contributed by atoms with Gasteiger partial charge < -0.3 is 19.9 Å². The molecule has 0 spiro atoms. The summed E-state index contributed by atoms with van der Waals surface area (Å²) in [5.74, 6) is 0. The first-order valence-electron chi connectivity index (χ1n) is 6.24. The van der Waals surface area contributed by atoms with Crippen LogP contribution in [0.4, 0.5) is 0 Å². The summed E-state index contributed by atoms with van der Waals surface area (Å²) in [6, 6.07) is 0.603. The minimum atomic E-state index is -0.417. The molecule has 96 valence electrons. The molecule has 1 fully saturated rings. The second kappa shape index (κ2) is 8.01. The Morgan fingerprint density at radius 3 is 2.62 bits per heavy atom. The van der Waals surface area contributed by atoms with Gasteiger partial charge in [-0.15, -0.1) is 0 Å². The molecule has 0 radical (unpaired) electrons. The van der Waals surface area contributed by atoms with E-state index in [1.54, 1.807) is 7.11 Å². The topological polar surface area (TPSA) is 50.7 Å². The summed E-state index contributed by atoms with van der Waals surface area (Å²) >= 11 is 0. The van der Waals surface area contributed by atoms with Gasteiger partial charge in [0.2, 0.25) is 0 Å². The predicted octanol–water partition coefficient (Wildman–Crippen LogP) is 0.931. The van der Waals surface area contributed by atoms with Crippen LogP contribution in [0.25, 0.3) is 0 Å². The van der Waals surface area contributed by atoms with Gasteiger partial charge in [-0.3, -0.25) is 0 Å². The molecule has 4 nitrogen and oxygen atoms in total. The van der Waals surface area contributed by atoms with Crippen molar-refractivity contribution < 1.29 is 14.6 Å². The fourth-order valence-electron chi connectivity index (χ4n) is 2.05. The lowest BCUT2D eigenvalue weighted by atomic mass is 10.2. The fourth-order valence-corrected chi connectivity index (χ4v) is 2.05. The van der Waals surface area contributed by atoms with Crippen LogP contribution in [0.5, 0.6) is 0 Å². The molecule has 0 aliphatic heterocycles. The van der Waals surface area contributed by atoms with Crippen molar-refractivity contribution in [1.29, 1.82) is 0 Å². The number of hydrogen-bond acceptors (Lipinski definition) is 4. The van der Waals surface area contributed by atoms with Gasteiger partial charge in [0.15, 0.2) is 0 Å². The van der Waals surface area contributed by atoms with Gasteiger partial charge in [-0.1, -0.05) is 12.8 Å². The lowest BCUT2D eigenvalue weighted by Crippen LogP contribution is -2.36. The highest BCUT2D eigenvalue weighted by molar-refractivity contribution is 4.74. The van der Waals surface area contributed by atoms with Crippen LogP contribution in [0.1, 0.15) is 32.6 Å². The van der Waals surface area contributed by atoms with Gasteiger partial charge in [-0.05, 0) is 19.8 Å². The predicted molar refractivity (Wildman–Crippen MR) is 63.6 cm³/mol. The number of aliphatic hydroxyl groups is 1. The Labute approximate surface area is 98.3 Å². The number of ether oxygens (including phenoxy) is 2. The molecule has 0 aromatic heterocycles. The van der Waals surface area contributed by atoms with E-state index in [1.807, 2.05) is 6.92 Å². The molecule has 2 N–H and O–H groups in total. The highest BCUT2D eigenvalue weighted by Gasteiger charge is 2.16. The number of rotatable bonds is 8. The van der Waals surface area contributed by atoms with Crippen LogP contribution < -0.4 is 5.32 Å². The van der Waals surface area contributed by atoms with Crippen LogP contribution in [0.3, 0.4) is 0 Å². The van der Waals surface area contributed by atoms with Crippen LogP contribution in [-0.2, 0) is 9.47 Å². The maximum atomic E-state index is 9.70. The Bertz CT molecular complexity index is 172. The lowest BCUT2D eigenvalue weighted by Gasteiger charge is -2.18. The van der Waals surface area contributed by atoms with Crippen molar-refractivity contribution in [3.63, 3.8) is 0 Å². The summed E-state index contributed by atoms with van der Waals surface area (Å²) in [7, 11) is 1.65. The van der Waals surface area contributed by atoms with E-state index in [9.17, 15) is 5.11 Å². The molecule has 1 saturated carbocycles. The molecule has 0 saturated heterocycles. The van der Waals surface area contributed by atoms with Crippen molar-refractivity contribution in [2.24, 2.45) is 0 Å². The zero-order valence-electron chi connectivity index (χ0n) is 10.4. The number of methoxy groups -OCH3 is 1. The summed E-state index contributed by atoms with van der Waals surface area (Å²) in [6.45, 7) is 3.53. The average Bonchev–Trinajstić information content (AvgIpc) is 2.77. The third kappa shape index (κ3) is 5.80. The molecular weight excluding hydrogens is 206 g/mol. The highest BCUT2D eigenvalue weighted by atomic mass is 16.5. The first kappa shape index (κ1) is 13.9. The molecule has 4 heteroatoms. The fraction of sp³-hybridized carbons (Fsp3) is 1.00. The SMILES string of the molecule is COCC(C)OCC(O)CNC1CCCC1. The zero-order valence-corrected chi connectivity index (χ0v) is 10.4. The maximum absolute atomic E-state index is 9.70. The van der Waals surface area contributed by atoms with Crippen LogP contribution in [0, 0.1) is 0 Å². The molecule has 0 aromatic carbocycles. The van der Waals surface area contributed by atoms with Gasteiger partial charge in [0.1, 0.15) is 0 Å². The summed E-state index contributed by atoms with van der Waals surface area (Å²) in [5, 5.41) is 13.1. The van der Waals surface area contributed by atoms with Crippen LogP contribution in [0.15, 0.2) is 0 Å². The van der Waals surface area contributed by atoms with Gasteiger partial charge in [0.05, 0.1) is 25.4 Å². The Morgan fingerprint density at radius 1 is 1.31 bits per heavy atom. The Kier molecular flexibility index (Phi) is 6.96. The molecule has 0 aromatic rings.